The van der Waals surface area contributed by atoms with Crippen LogP contribution >= 0.6 is 23.4 Å². The summed E-state index contributed by atoms with van der Waals surface area (Å²) in [5, 5.41) is 3.23. The van der Waals surface area contributed by atoms with Gasteiger partial charge in [0.2, 0.25) is 0 Å². The normalized spacial score (nSPS) is 10.2. The Balaban J connectivity index is 2.14. The zero-order chi connectivity index (χ0) is 14.5. The van der Waals surface area contributed by atoms with Crippen LogP contribution in [-0.4, -0.2) is 19.3 Å². The van der Waals surface area contributed by atoms with Gasteiger partial charge in [-0.05, 0) is 42.7 Å². The largest absolute Gasteiger partial charge is 0.497 e. The SMILES string of the molecule is COc1ccc(NC(=O)c2ccc(SC)cc2)c(Cl)c1. The van der Waals surface area contributed by atoms with E-state index in [1.807, 2.05) is 18.4 Å². The number of benzene rings is 2. The van der Waals surface area contributed by atoms with Crippen molar-refractivity contribution in [1.29, 1.82) is 0 Å². The van der Waals surface area contributed by atoms with Crippen molar-refractivity contribution in [3.63, 3.8) is 0 Å². The average molecular weight is 308 g/mol. The van der Waals surface area contributed by atoms with Crippen molar-refractivity contribution < 1.29 is 9.53 Å². The molecule has 0 bridgehead atoms. The van der Waals surface area contributed by atoms with Gasteiger partial charge in [0.15, 0.2) is 0 Å². The molecule has 2 aromatic carbocycles. The molecule has 104 valence electrons. The Morgan fingerprint density at radius 2 is 1.90 bits per heavy atom. The lowest BCUT2D eigenvalue weighted by atomic mass is 10.2. The Morgan fingerprint density at radius 3 is 2.45 bits per heavy atom. The van der Waals surface area contributed by atoms with Crippen molar-refractivity contribution in [2.45, 2.75) is 4.90 Å². The maximum absolute atomic E-state index is 12.1. The van der Waals surface area contributed by atoms with Gasteiger partial charge in [0, 0.05) is 16.5 Å². The van der Waals surface area contributed by atoms with E-state index in [4.69, 9.17) is 16.3 Å². The molecule has 0 radical (unpaired) electrons. The number of nitrogens with one attached hydrogen (secondary N) is 1. The summed E-state index contributed by atoms with van der Waals surface area (Å²) in [7, 11) is 1.57. The van der Waals surface area contributed by atoms with Gasteiger partial charge >= 0.3 is 0 Å². The molecule has 0 atom stereocenters. The van der Waals surface area contributed by atoms with Gasteiger partial charge in [-0.3, -0.25) is 4.79 Å². The lowest BCUT2D eigenvalue weighted by Crippen LogP contribution is -2.12. The molecular weight excluding hydrogens is 294 g/mol. The van der Waals surface area contributed by atoms with Crippen LogP contribution in [-0.2, 0) is 0 Å². The third-order valence-corrected chi connectivity index (χ3v) is 3.83. The topological polar surface area (TPSA) is 38.3 Å². The Labute approximate surface area is 127 Å². The number of anilines is 1. The van der Waals surface area contributed by atoms with Crippen LogP contribution in [0.1, 0.15) is 10.4 Å². The summed E-state index contributed by atoms with van der Waals surface area (Å²) in [5.74, 6) is 0.460. The first-order valence-corrected chi connectivity index (χ1v) is 7.53. The fourth-order valence-electron chi connectivity index (χ4n) is 1.66. The van der Waals surface area contributed by atoms with Crippen molar-refractivity contribution in [2.75, 3.05) is 18.7 Å². The van der Waals surface area contributed by atoms with Crippen molar-refractivity contribution >= 4 is 35.0 Å². The molecule has 3 nitrogen and oxygen atoms in total. The highest BCUT2D eigenvalue weighted by molar-refractivity contribution is 7.98. The summed E-state index contributed by atoms with van der Waals surface area (Å²) >= 11 is 7.72. The van der Waals surface area contributed by atoms with Gasteiger partial charge in [-0.15, -0.1) is 11.8 Å². The van der Waals surface area contributed by atoms with Crippen LogP contribution in [0.5, 0.6) is 5.75 Å². The van der Waals surface area contributed by atoms with E-state index in [1.165, 1.54) is 0 Å². The molecule has 0 aliphatic carbocycles. The molecule has 0 unspecified atom stereocenters. The van der Waals surface area contributed by atoms with Gasteiger partial charge in [0.05, 0.1) is 17.8 Å². The number of amides is 1. The highest BCUT2D eigenvalue weighted by Gasteiger charge is 2.09. The molecule has 1 N–H and O–H groups in total. The highest BCUT2D eigenvalue weighted by Crippen LogP contribution is 2.27. The number of hydrogen-bond acceptors (Lipinski definition) is 3. The second-order valence-electron chi connectivity index (χ2n) is 4.03. The monoisotopic (exact) mass is 307 g/mol. The number of rotatable bonds is 4. The molecule has 5 heteroatoms. The summed E-state index contributed by atoms with van der Waals surface area (Å²) < 4.78 is 5.07. The van der Waals surface area contributed by atoms with Crippen LogP contribution in [0.25, 0.3) is 0 Å². The van der Waals surface area contributed by atoms with Crippen LogP contribution in [0.3, 0.4) is 0 Å². The number of hydrogen-bond donors (Lipinski definition) is 1. The van der Waals surface area contributed by atoms with Gasteiger partial charge in [0.1, 0.15) is 5.75 Å². The Kier molecular flexibility index (Phi) is 4.93. The van der Waals surface area contributed by atoms with Crippen LogP contribution in [0.4, 0.5) is 5.69 Å². The maximum Gasteiger partial charge on any atom is 0.255 e. The Bertz CT molecular complexity index is 614. The quantitative estimate of drug-likeness (QED) is 0.855. The second-order valence-corrected chi connectivity index (χ2v) is 5.32. The lowest BCUT2D eigenvalue weighted by Gasteiger charge is -2.09. The van der Waals surface area contributed by atoms with Crippen molar-refractivity contribution in [3.8, 4) is 5.75 Å². The first-order chi connectivity index (χ1) is 9.63. The minimum atomic E-state index is -0.190. The minimum Gasteiger partial charge on any atom is -0.497 e. The number of carbonyl (C=O) groups excluding carboxylic acids is 1. The summed E-state index contributed by atoms with van der Waals surface area (Å²) in [6, 6.07) is 12.5. The molecule has 0 saturated carbocycles. The first-order valence-electron chi connectivity index (χ1n) is 5.93. The first kappa shape index (κ1) is 14.8. The van der Waals surface area contributed by atoms with Crippen LogP contribution in [0, 0.1) is 0 Å². The van der Waals surface area contributed by atoms with Gasteiger partial charge in [0.25, 0.3) is 5.91 Å². The summed E-state index contributed by atoms with van der Waals surface area (Å²) in [5.41, 5.74) is 1.15. The average Bonchev–Trinajstić information content (AvgIpc) is 2.49. The molecule has 20 heavy (non-hydrogen) atoms. The molecule has 2 rings (SSSR count). The molecule has 1 amide bonds. The smallest absolute Gasteiger partial charge is 0.255 e. The van der Waals surface area contributed by atoms with Gasteiger partial charge in [-0.25, -0.2) is 0 Å². The number of halogens is 1. The zero-order valence-electron chi connectivity index (χ0n) is 11.1. The van der Waals surface area contributed by atoms with Gasteiger partial charge in [-0.1, -0.05) is 11.6 Å². The standard InChI is InChI=1S/C15H14ClNO2S/c1-19-11-5-8-14(13(16)9-11)17-15(18)10-3-6-12(20-2)7-4-10/h3-9H,1-2H3,(H,17,18). The molecule has 0 spiro atoms. The highest BCUT2D eigenvalue weighted by atomic mass is 35.5. The minimum absolute atomic E-state index is 0.190. The number of carbonyl (C=O) groups is 1. The molecular formula is C15H14ClNO2S. The predicted molar refractivity (Wildman–Crippen MR) is 84.2 cm³/mol. The summed E-state index contributed by atoms with van der Waals surface area (Å²) in [6.07, 6.45) is 1.99. The summed E-state index contributed by atoms with van der Waals surface area (Å²) in [4.78, 5) is 13.2. The maximum atomic E-state index is 12.1. The number of ether oxygens (including phenoxy) is 1. The van der Waals surface area contributed by atoms with E-state index in [0.717, 1.165) is 4.90 Å². The van der Waals surface area contributed by atoms with Gasteiger partial charge in [-0.2, -0.15) is 0 Å². The van der Waals surface area contributed by atoms with E-state index in [1.54, 1.807) is 49.2 Å². The van der Waals surface area contributed by atoms with Crippen molar-refractivity contribution in [1.82, 2.24) is 0 Å². The third-order valence-electron chi connectivity index (χ3n) is 2.78. The predicted octanol–water partition coefficient (Wildman–Crippen LogP) is 4.32. The molecule has 2 aromatic rings. The molecule has 0 fully saturated rings. The van der Waals surface area contributed by atoms with E-state index in [2.05, 4.69) is 5.32 Å². The van der Waals surface area contributed by atoms with Crippen LogP contribution in [0.2, 0.25) is 5.02 Å². The van der Waals surface area contributed by atoms with Gasteiger partial charge < -0.3 is 10.1 Å². The molecule has 0 aliphatic rings. The Hall–Kier alpha value is -1.65. The third kappa shape index (κ3) is 3.46. The zero-order valence-corrected chi connectivity index (χ0v) is 12.7. The number of methoxy groups -OCH3 is 1. The van der Waals surface area contributed by atoms with Crippen LogP contribution in [0.15, 0.2) is 47.4 Å². The van der Waals surface area contributed by atoms with E-state index < -0.39 is 0 Å². The molecule has 0 heterocycles. The van der Waals surface area contributed by atoms with Crippen molar-refractivity contribution in [2.24, 2.45) is 0 Å². The fraction of sp³-hybridized carbons (Fsp3) is 0.133. The van der Waals surface area contributed by atoms with E-state index in [9.17, 15) is 4.79 Å². The van der Waals surface area contributed by atoms with Crippen LogP contribution < -0.4 is 10.1 Å². The molecule has 0 aliphatic heterocycles. The van der Waals surface area contributed by atoms with E-state index >= 15 is 0 Å². The second kappa shape index (κ2) is 6.68. The molecule has 0 saturated heterocycles. The Morgan fingerprint density at radius 1 is 1.20 bits per heavy atom. The van der Waals surface area contributed by atoms with E-state index in [0.29, 0.717) is 22.0 Å². The van der Waals surface area contributed by atoms with Crippen molar-refractivity contribution in [3.05, 3.63) is 53.1 Å². The van der Waals surface area contributed by atoms with E-state index in [-0.39, 0.29) is 5.91 Å². The molecule has 0 aromatic heterocycles. The fourth-order valence-corrected chi connectivity index (χ4v) is 2.29. The lowest BCUT2D eigenvalue weighted by molar-refractivity contribution is 0.102. The number of thioether (sulfide) groups is 1. The summed E-state index contributed by atoms with van der Waals surface area (Å²) in [6.45, 7) is 0.